The van der Waals surface area contributed by atoms with Crippen LogP contribution in [-0.4, -0.2) is 10.1 Å². The van der Waals surface area contributed by atoms with E-state index in [0.29, 0.717) is 5.92 Å². The third kappa shape index (κ3) is 3.13. The molecule has 1 saturated heterocycles. The third-order valence-electron chi connectivity index (χ3n) is 4.77. The van der Waals surface area contributed by atoms with Gasteiger partial charge in [-0.2, -0.15) is 0 Å². The number of thiophene rings is 1. The highest BCUT2D eigenvalue weighted by atomic mass is 32.1. The molecule has 3 aromatic rings. The van der Waals surface area contributed by atoms with Crippen LogP contribution in [0.15, 0.2) is 66.2 Å². The Kier molecular flexibility index (Phi) is 4.74. The molecule has 0 spiro atoms. The van der Waals surface area contributed by atoms with Crippen molar-refractivity contribution in [1.29, 1.82) is 0 Å². The standard InChI is InChI=1S/C21H21N3S2/c1-14(2)15-8-10-16(11-9-15)24-20(18-7-5-13-26-18)19(23-21(24)25)17-6-3-4-12-22-17/h3-14,19-20H,1-2H3,(H,23,25)/t19-,20+/m1/s1. The number of hydrogen-bond acceptors (Lipinski definition) is 3. The first-order valence-corrected chi connectivity index (χ1v) is 10.1. The normalized spacial score (nSPS) is 19.8. The maximum atomic E-state index is 5.73. The number of rotatable bonds is 4. The van der Waals surface area contributed by atoms with Crippen LogP contribution in [0.1, 0.15) is 48.0 Å². The van der Waals surface area contributed by atoms with Crippen molar-refractivity contribution in [2.45, 2.75) is 31.8 Å². The third-order valence-corrected chi connectivity index (χ3v) is 6.03. The fraction of sp³-hybridized carbons (Fsp3) is 0.238. The average Bonchev–Trinajstić information content (AvgIpc) is 3.30. The van der Waals surface area contributed by atoms with E-state index in [-0.39, 0.29) is 12.1 Å². The van der Waals surface area contributed by atoms with Crippen LogP contribution in [0.4, 0.5) is 5.69 Å². The second-order valence-corrected chi connectivity index (χ2v) is 8.12. The Morgan fingerprint density at radius 3 is 2.50 bits per heavy atom. The number of thiocarbonyl (C=S) groups is 1. The van der Waals surface area contributed by atoms with Gasteiger partial charge in [0.05, 0.1) is 17.8 Å². The van der Waals surface area contributed by atoms with Crippen LogP contribution >= 0.6 is 23.6 Å². The molecule has 2 aromatic heterocycles. The van der Waals surface area contributed by atoms with Gasteiger partial charge in [-0.15, -0.1) is 11.3 Å². The van der Waals surface area contributed by atoms with Gasteiger partial charge < -0.3 is 10.2 Å². The van der Waals surface area contributed by atoms with Crippen molar-refractivity contribution in [3.63, 3.8) is 0 Å². The summed E-state index contributed by atoms with van der Waals surface area (Å²) in [7, 11) is 0. The molecular weight excluding hydrogens is 358 g/mol. The van der Waals surface area contributed by atoms with Crippen LogP contribution in [0.2, 0.25) is 0 Å². The molecule has 132 valence electrons. The van der Waals surface area contributed by atoms with E-state index in [4.69, 9.17) is 12.2 Å². The van der Waals surface area contributed by atoms with Crippen LogP contribution in [-0.2, 0) is 0 Å². The first-order chi connectivity index (χ1) is 12.6. The Labute approximate surface area is 163 Å². The van der Waals surface area contributed by atoms with E-state index in [1.54, 1.807) is 11.3 Å². The van der Waals surface area contributed by atoms with E-state index >= 15 is 0 Å². The summed E-state index contributed by atoms with van der Waals surface area (Å²) in [4.78, 5) is 8.08. The van der Waals surface area contributed by atoms with Gasteiger partial charge in [0, 0.05) is 16.8 Å². The van der Waals surface area contributed by atoms with Gasteiger partial charge >= 0.3 is 0 Å². The largest absolute Gasteiger partial charge is 0.351 e. The number of pyridine rings is 1. The fourth-order valence-electron chi connectivity index (χ4n) is 3.40. The van der Waals surface area contributed by atoms with Crippen molar-refractivity contribution in [1.82, 2.24) is 10.3 Å². The molecule has 4 rings (SSSR count). The van der Waals surface area contributed by atoms with Crippen molar-refractivity contribution in [3.05, 3.63) is 82.3 Å². The molecule has 26 heavy (non-hydrogen) atoms. The minimum atomic E-state index is 0.0344. The Hall–Kier alpha value is -2.24. The molecular formula is C21H21N3S2. The number of benzene rings is 1. The van der Waals surface area contributed by atoms with Gasteiger partial charge in [0.1, 0.15) is 0 Å². The molecule has 1 aromatic carbocycles. The SMILES string of the molecule is CC(C)c1ccc(N2C(=S)N[C@H](c3ccccn3)[C@@H]2c2cccs2)cc1. The van der Waals surface area contributed by atoms with Crippen LogP contribution in [0.3, 0.4) is 0 Å². The lowest BCUT2D eigenvalue weighted by atomic mass is 10.0. The minimum Gasteiger partial charge on any atom is -0.351 e. The summed E-state index contributed by atoms with van der Waals surface area (Å²) in [5, 5.41) is 6.36. The number of anilines is 1. The average molecular weight is 380 g/mol. The second-order valence-electron chi connectivity index (χ2n) is 6.76. The van der Waals surface area contributed by atoms with E-state index in [1.165, 1.54) is 10.4 Å². The monoisotopic (exact) mass is 379 g/mol. The Morgan fingerprint density at radius 1 is 1.08 bits per heavy atom. The lowest BCUT2D eigenvalue weighted by molar-refractivity contribution is 0.575. The summed E-state index contributed by atoms with van der Waals surface area (Å²) in [5.74, 6) is 0.516. The van der Waals surface area contributed by atoms with Crippen molar-refractivity contribution in [3.8, 4) is 0 Å². The highest BCUT2D eigenvalue weighted by Crippen LogP contribution is 2.43. The zero-order valence-electron chi connectivity index (χ0n) is 14.8. The summed E-state index contributed by atoms with van der Waals surface area (Å²) < 4.78 is 0. The number of nitrogens with one attached hydrogen (secondary N) is 1. The summed E-state index contributed by atoms with van der Waals surface area (Å²) in [6.45, 7) is 4.42. The molecule has 3 heterocycles. The van der Waals surface area contributed by atoms with Crippen LogP contribution in [0, 0.1) is 0 Å². The van der Waals surface area contributed by atoms with Gasteiger partial charge in [-0.3, -0.25) is 4.98 Å². The molecule has 1 aliphatic heterocycles. The molecule has 0 saturated carbocycles. The summed E-state index contributed by atoms with van der Waals surface area (Å²) in [5.41, 5.74) is 3.46. The lowest BCUT2D eigenvalue weighted by Gasteiger charge is -2.27. The number of nitrogens with zero attached hydrogens (tertiary/aromatic N) is 2. The lowest BCUT2D eigenvalue weighted by Crippen LogP contribution is -2.29. The number of aromatic nitrogens is 1. The highest BCUT2D eigenvalue weighted by Gasteiger charge is 2.41. The summed E-state index contributed by atoms with van der Waals surface area (Å²) in [6, 6.07) is 19.2. The highest BCUT2D eigenvalue weighted by molar-refractivity contribution is 7.80. The van der Waals surface area contributed by atoms with Gasteiger partial charge in [-0.05, 0) is 59.4 Å². The fourth-order valence-corrected chi connectivity index (χ4v) is 4.60. The van der Waals surface area contributed by atoms with Crippen molar-refractivity contribution in [2.24, 2.45) is 0 Å². The predicted octanol–water partition coefficient (Wildman–Crippen LogP) is 5.44. The molecule has 1 fully saturated rings. The molecule has 0 radical (unpaired) electrons. The smallest absolute Gasteiger partial charge is 0.174 e. The summed E-state index contributed by atoms with van der Waals surface area (Å²) >= 11 is 7.48. The van der Waals surface area contributed by atoms with Gasteiger partial charge in [0.25, 0.3) is 0 Å². The Bertz CT molecular complexity index is 873. The number of hydrogen-bond donors (Lipinski definition) is 1. The predicted molar refractivity (Wildman–Crippen MR) is 113 cm³/mol. The van der Waals surface area contributed by atoms with E-state index < -0.39 is 0 Å². The second kappa shape index (κ2) is 7.17. The Morgan fingerprint density at radius 2 is 1.88 bits per heavy atom. The molecule has 2 atom stereocenters. The zero-order chi connectivity index (χ0) is 18.1. The molecule has 0 aliphatic carbocycles. The van der Waals surface area contributed by atoms with E-state index in [9.17, 15) is 0 Å². The van der Waals surface area contributed by atoms with E-state index in [1.807, 2.05) is 18.3 Å². The van der Waals surface area contributed by atoms with E-state index in [0.717, 1.165) is 16.5 Å². The van der Waals surface area contributed by atoms with Crippen molar-refractivity contribution < 1.29 is 0 Å². The first kappa shape index (κ1) is 17.2. The van der Waals surface area contributed by atoms with Gasteiger partial charge in [-0.1, -0.05) is 38.1 Å². The maximum Gasteiger partial charge on any atom is 0.174 e. The van der Waals surface area contributed by atoms with Crippen molar-refractivity contribution in [2.75, 3.05) is 4.90 Å². The molecule has 3 nitrogen and oxygen atoms in total. The van der Waals surface area contributed by atoms with Crippen molar-refractivity contribution >= 4 is 34.4 Å². The molecule has 0 unspecified atom stereocenters. The van der Waals surface area contributed by atoms with E-state index in [2.05, 4.69) is 76.9 Å². The van der Waals surface area contributed by atoms with Gasteiger partial charge in [0.2, 0.25) is 0 Å². The quantitative estimate of drug-likeness (QED) is 0.611. The Balaban J connectivity index is 1.76. The van der Waals surface area contributed by atoms with Crippen LogP contribution < -0.4 is 10.2 Å². The molecule has 5 heteroatoms. The van der Waals surface area contributed by atoms with Crippen LogP contribution in [0.5, 0.6) is 0 Å². The summed E-state index contributed by atoms with van der Waals surface area (Å²) in [6.07, 6.45) is 1.84. The van der Waals surface area contributed by atoms with Crippen LogP contribution in [0.25, 0.3) is 0 Å². The maximum absolute atomic E-state index is 5.73. The van der Waals surface area contributed by atoms with Gasteiger partial charge in [0.15, 0.2) is 5.11 Å². The van der Waals surface area contributed by atoms with Gasteiger partial charge in [-0.25, -0.2) is 0 Å². The minimum absolute atomic E-state index is 0.0344. The topological polar surface area (TPSA) is 28.2 Å². The molecule has 1 aliphatic rings. The molecule has 1 N–H and O–H groups in total. The zero-order valence-corrected chi connectivity index (χ0v) is 16.4. The molecule has 0 amide bonds. The first-order valence-electron chi connectivity index (χ1n) is 8.79. The molecule has 0 bridgehead atoms.